The number of nitrogens with zero attached hydrogens (tertiary/aromatic N) is 4. The van der Waals surface area contributed by atoms with Crippen molar-refractivity contribution in [1.82, 2.24) is 25.0 Å². The van der Waals surface area contributed by atoms with E-state index in [1.165, 1.54) is 12.7 Å². The molecule has 2 aromatic rings. The number of fused-ring (bicyclic) bond motifs is 1. The molecule has 0 fully saturated rings. The van der Waals surface area contributed by atoms with Crippen LogP contribution < -0.4 is 5.32 Å². The smallest absolute Gasteiger partial charge is 0.286 e. The first-order valence-electron chi connectivity index (χ1n) is 9.12. The summed E-state index contributed by atoms with van der Waals surface area (Å²) >= 11 is 0. The van der Waals surface area contributed by atoms with Crippen molar-refractivity contribution in [2.75, 3.05) is 26.2 Å². The number of carbonyl (C=O) groups is 1. The van der Waals surface area contributed by atoms with Crippen LogP contribution in [0.3, 0.4) is 0 Å². The van der Waals surface area contributed by atoms with Gasteiger partial charge in [-0.2, -0.15) is 0 Å². The zero-order valence-electron chi connectivity index (χ0n) is 15.1. The molecule has 0 aliphatic carbocycles. The van der Waals surface area contributed by atoms with Crippen LogP contribution in [0, 0.1) is 5.92 Å². The van der Waals surface area contributed by atoms with Gasteiger partial charge in [0.1, 0.15) is 11.6 Å². The maximum atomic E-state index is 11.9. The Morgan fingerprint density at radius 2 is 2.24 bits per heavy atom. The summed E-state index contributed by atoms with van der Waals surface area (Å²) in [6.07, 6.45) is 4.31. The van der Waals surface area contributed by atoms with Crippen LogP contribution in [-0.2, 0) is 19.4 Å². The second-order valence-corrected chi connectivity index (χ2v) is 6.73. The summed E-state index contributed by atoms with van der Waals surface area (Å²) in [5.41, 5.74) is 0. The lowest BCUT2D eigenvalue weighted by Crippen LogP contribution is -2.31. The Labute approximate surface area is 148 Å². The summed E-state index contributed by atoms with van der Waals surface area (Å²) in [5, 5.41) is 11.5. The summed E-state index contributed by atoms with van der Waals surface area (Å²) < 4.78 is 7.31. The minimum atomic E-state index is -0.194. The van der Waals surface area contributed by atoms with Gasteiger partial charge in [0.05, 0.1) is 6.26 Å². The van der Waals surface area contributed by atoms with Gasteiger partial charge in [0.2, 0.25) is 0 Å². The molecule has 0 saturated heterocycles. The third-order valence-electron chi connectivity index (χ3n) is 4.84. The lowest BCUT2D eigenvalue weighted by atomic mass is 10.1. The van der Waals surface area contributed by atoms with Crippen LogP contribution in [0.15, 0.2) is 22.8 Å². The second-order valence-electron chi connectivity index (χ2n) is 6.73. The zero-order chi connectivity index (χ0) is 17.6. The van der Waals surface area contributed by atoms with E-state index in [4.69, 9.17) is 4.42 Å². The van der Waals surface area contributed by atoms with Crippen LogP contribution in [0.25, 0.3) is 0 Å². The fourth-order valence-electron chi connectivity index (χ4n) is 3.15. The summed E-state index contributed by atoms with van der Waals surface area (Å²) in [6.45, 7) is 9.20. The molecule has 0 saturated carbocycles. The molecule has 25 heavy (non-hydrogen) atoms. The van der Waals surface area contributed by atoms with Gasteiger partial charge < -0.3 is 19.2 Å². The molecule has 0 aromatic carbocycles. The third-order valence-corrected chi connectivity index (χ3v) is 4.84. The molecule has 1 unspecified atom stereocenters. The fraction of sp³-hybridized carbons (Fsp3) is 0.611. The highest BCUT2D eigenvalue weighted by Gasteiger charge is 2.19. The highest BCUT2D eigenvalue weighted by molar-refractivity contribution is 5.91. The zero-order valence-corrected chi connectivity index (χ0v) is 15.1. The largest absolute Gasteiger partial charge is 0.459 e. The van der Waals surface area contributed by atoms with Crippen molar-refractivity contribution >= 4 is 5.91 Å². The Kier molecular flexibility index (Phi) is 5.86. The van der Waals surface area contributed by atoms with E-state index >= 15 is 0 Å². The first kappa shape index (κ1) is 17.7. The Balaban J connectivity index is 1.52. The van der Waals surface area contributed by atoms with Gasteiger partial charge in [-0.25, -0.2) is 0 Å². The number of amides is 1. The molecule has 7 heteroatoms. The van der Waals surface area contributed by atoms with Crippen molar-refractivity contribution in [2.45, 2.75) is 39.7 Å². The molecule has 1 amide bonds. The summed E-state index contributed by atoms with van der Waals surface area (Å²) in [4.78, 5) is 14.4. The Bertz CT molecular complexity index is 680. The summed E-state index contributed by atoms with van der Waals surface area (Å²) in [5.74, 6) is 2.86. The van der Waals surface area contributed by atoms with E-state index in [0.717, 1.165) is 50.2 Å². The quantitative estimate of drug-likeness (QED) is 0.827. The van der Waals surface area contributed by atoms with Gasteiger partial charge in [-0.1, -0.05) is 20.3 Å². The maximum absolute atomic E-state index is 11.9. The molecule has 1 N–H and O–H groups in total. The molecule has 2 aromatic heterocycles. The number of aromatic nitrogens is 3. The molecule has 7 nitrogen and oxygen atoms in total. The molecule has 0 radical (unpaired) electrons. The number of furan rings is 1. The molecule has 1 aliphatic rings. The van der Waals surface area contributed by atoms with Gasteiger partial charge in [-0.15, -0.1) is 10.2 Å². The topological polar surface area (TPSA) is 76.2 Å². The molecular weight excluding hydrogens is 318 g/mol. The lowest BCUT2D eigenvalue weighted by Gasteiger charge is -2.22. The predicted octanol–water partition coefficient (Wildman–Crippen LogP) is 1.75. The van der Waals surface area contributed by atoms with Crippen LogP contribution >= 0.6 is 0 Å². The van der Waals surface area contributed by atoms with Gasteiger partial charge in [0.15, 0.2) is 5.76 Å². The molecule has 0 spiro atoms. The molecule has 136 valence electrons. The second kappa shape index (κ2) is 8.29. The third kappa shape index (κ3) is 4.48. The van der Waals surface area contributed by atoms with E-state index in [0.29, 0.717) is 18.7 Å². The van der Waals surface area contributed by atoms with Crippen LogP contribution in [-0.4, -0.2) is 51.8 Å². The van der Waals surface area contributed by atoms with E-state index in [-0.39, 0.29) is 5.91 Å². The molecule has 0 bridgehead atoms. The minimum Gasteiger partial charge on any atom is -0.459 e. The van der Waals surface area contributed by atoms with Crippen molar-refractivity contribution in [3.05, 3.63) is 35.8 Å². The van der Waals surface area contributed by atoms with Gasteiger partial charge in [0.25, 0.3) is 5.91 Å². The molecule has 1 aliphatic heterocycles. The Morgan fingerprint density at radius 3 is 3.00 bits per heavy atom. The average molecular weight is 345 g/mol. The van der Waals surface area contributed by atoms with Crippen molar-refractivity contribution in [1.29, 1.82) is 0 Å². The maximum Gasteiger partial charge on any atom is 0.286 e. The molecule has 1 atom stereocenters. The first-order valence-corrected chi connectivity index (χ1v) is 9.12. The predicted molar refractivity (Wildman–Crippen MR) is 94.4 cm³/mol. The van der Waals surface area contributed by atoms with E-state index in [9.17, 15) is 4.79 Å². The number of nitrogens with one attached hydrogen (secondary N) is 1. The normalized spacial score (nSPS) is 16.2. The number of hydrogen-bond acceptors (Lipinski definition) is 5. The number of carbonyl (C=O) groups excluding carboxylic acids is 1. The van der Waals surface area contributed by atoms with Crippen LogP contribution in [0.1, 0.15) is 42.5 Å². The van der Waals surface area contributed by atoms with Gasteiger partial charge in [0, 0.05) is 45.6 Å². The van der Waals surface area contributed by atoms with Crippen molar-refractivity contribution < 1.29 is 9.21 Å². The number of rotatable bonds is 7. The summed E-state index contributed by atoms with van der Waals surface area (Å²) in [6, 6.07) is 3.36. The number of hydrogen-bond donors (Lipinski definition) is 1. The van der Waals surface area contributed by atoms with Crippen molar-refractivity contribution in [2.24, 2.45) is 5.92 Å². The van der Waals surface area contributed by atoms with Crippen molar-refractivity contribution in [3.8, 4) is 0 Å². The molecule has 3 rings (SSSR count). The highest BCUT2D eigenvalue weighted by atomic mass is 16.3. The van der Waals surface area contributed by atoms with Gasteiger partial charge >= 0.3 is 0 Å². The monoisotopic (exact) mass is 345 g/mol. The van der Waals surface area contributed by atoms with E-state index in [1.54, 1.807) is 12.1 Å². The minimum absolute atomic E-state index is 0.194. The lowest BCUT2D eigenvalue weighted by molar-refractivity contribution is 0.0926. The van der Waals surface area contributed by atoms with Crippen molar-refractivity contribution in [3.63, 3.8) is 0 Å². The SMILES string of the molecule is CCC(C)CN1CCc2nnc(CCNC(=O)c3ccco3)n2CC1. The fourth-order valence-corrected chi connectivity index (χ4v) is 3.15. The van der Waals surface area contributed by atoms with E-state index in [2.05, 4.69) is 38.8 Å². The summed E-state index contributed by atoms with van der Waals surface area (Å²) in [7, 11) is 0. The Morgan fingerprint density at radius 1 is 1.36 bits per heavy atom. The van der Waals surface area contributed by atoms with E-state index < -0.39 is 0 Å². The average Bonchev–Trinajstić information content (AvgIpc) is 3.23. The molecular formula is C18H27N5O2. The standard InChI is InChI=1S/C18H27N5O2/c1-3-14(2)13-22-9-7-17-21-20-16(23(17)11-10-22)6-8-19-18(24)15-5-4-12-25-15/h4-5,12,14H,3,6-11,13H2,1-2H3,(H,19,24). The Hall–Kier alpha value is -2.15. The van der Waals surface area contributed by atoms with Gasteiger partial charge in [-0.3, -0.25) is 4.79 Å². The highest BCUT2D eigenvalue weighted by Crippen LogP contribution is 2.12. The van der Waals surface area contributed by atoms with Crippen LogP contribution in [0.4, 0.5) is 0 Å². The van der Waals surface area contributed by atoms with Crippen LogP contribution in [0.5, 0.6) is 0 Å². The molecule has 3 heterocycles. The van der Waals surface area contributed by atoms with Gasteiger partial charge in [-0.05, 0) is 18.1 Å². The van der Waals surface area contributed by atoms with Crippen LogP contribution in [0.2, 0.25) is 0 Å². The van der Waals surface area contributed by atoms with E-state index in [1.807, 2.05) is 0 Å². The first-order chi connectivity index (χ1) is 12.2.